The molecule has 1 amide bonds. The molecule has 92 valence electrons. The summed E-state index contributed by atoms with van der Waals surface area (Å²) in [4.78, 5) is 24.5. The molecule has 16 heavy (non-hydrogen) atoms. The lowest BCUT2D eigenvalue weighted by molar-refractivity contribution is -0.136. The van der Waals surface area contributed by atoms with Gasteiger partial charge in [-0.25, -0.2) is 0 Å². The van der Waals surface area contributed by atoms with Crippen LogP contribution in [-0.4, -0.2) is 45.5 Å². The van der Waals surface area contributed by atoms with Crippen LogP contribution in [0.4, 0.5) is 0 Å². The van der Waals surface area contributed by atoms with Gasteiger partial charge in [0, 0.05) is 13.1 Å². The van der Waals surface area contributed by atoms with Gasteiger partial charge in [0.15, 0.2) is 0 Å². The van der Waals surface area contributed by atoms with E-state index in [9.17, 15) is 9.59 Å². The summed E-state index contributed by atoms with van der Waals surface area (Å²) in [7, 11) is 0. The van der Waals surface area contributed by atoms with E-state index in [4.69, 9.17) is 5.11 Å². The zero-order chi connectivity index (χ0) is 12.1. The van der Waals surface area contributed by atoms with Gasteiger partial charge >= 0.3 is 5.97 Å². The van der Waals surface area contributed by atoms with Crippen molar-refractivity contribution in [3.63, 3.8) is 0 Å². The van der Waals surface area contributed by atoms with Crippen molar-refractivity contribution >= 4 is 23.6 Å². The molecule has 0 aliphatic carbocycles. The van der Waals surface area contributed by atoms with Crippen molar-refractivity contribution in [2.45, 2.75) is 43.6 Å². The lowest BCUT2D eigenvalue weighted by Crippen LogP contribution is -2.40. The molecule has 1 aliphatic heterocycles. The number of thioether (sulfide) groups is 1. The predicted octanol–water partition coefficient (Wildman–Crippen LogP) is 1.59. The summed E-state index contributed by atoms with van der Waals surface area (Å²) in [6, 6.07) is 0. The molecular weight excluding hydrogens is 226 g/mol. The minimum atomic E-state index is -0.858. The Morgan fingerprint density at radius 1 is 1.12 bits per heavy atom. The molecule has 1 heterocycles. The van der Waals surface area contributed by atoms with Gasteiger partial charge in [0.1, 0.15) is 5.25 Å². The van der Waals surface area contributed by atoms with Gasteiger partial charge in [-0.2, -0.15) is 0 Å². The lowest BCUT2D eigenvalue weighted by atomic mass is 10.1. The molecule has 0 spiro atoms. The van der Waals surface area contributed by atoms with E-state index < -0.39 is 11.2 Å². The fourth-order valence-corrected chi connectivity index (χ4v) is 2.79. The number of rotatable bonds is 4. The zero-order valence-corrected chi connectivity index (χ0v) is 10.6. The zero-order valence-electron chi connectivity index (χ0n) is 9.81. The van der Waals surface area contributed by atoms with E-state index in [-0.39, 0.29) is 11.2 Å². The molecule has 2 unspecified atom stereocenters. The van der Waals surface area contributed by atoms with Crippen LogP contribution in [0, 0.1) is 0 Å². The monoisotopic (exact) mass is 245 g/mol. The summed E-state index contributed by atoms with van der Waals surface area (Å²) < 4.78 is 0. The SMILES string of the molecule is CC(SC(C)C(=O)N1CCCCC1)C(=O)O. The number of carboxylic acids is 1. The van der Waals surface area contributed by atoms with Crippen LogP contribution in [0.3, 0.4) is 0 Å². The molecule has 1 N–H and O–H groups in total. The van der Waals surface area contributed by atoms with Crippen molar-refractivity contribution in [1.82, 2.24) is 4.90 Å². The molecule has 1 aliphatic rings. The molecule has 4 nitrogen and oxygen atoms in total. The van der Waals surface area contributed by atoms with E-state index in [1.807, 2.05) is 4.90 Å². The van der Waals surface area contributed by atoms with E-state index in [0.717, 1.165) is 25.9 Å². The van der Waals surface area contributed by atoms with E-state index in [0.29, 0.717) is 0 Å². The largest absolute Gasteiger partial charge is 0.480 e. The van der Waals surface area contributed by atoms with Crippen molar-refractivity contribution in [3.8, 4) is 0 Å². The average Bonchev–Trinajstić information content (AvgIpc) is 2.28. The van der Waals surface area contributed by atoms with Crippen molar-refractivity contribution in [3.05, 3.63) is 0 Å². The first-order chi connectivity index (χ1) is 7.52. The van der Waals surface area contributed by atoms with Crippen LogP contribution in [-0.2, 0) is 9.59 Å². The molecule has 0 radical (unpaired) electrons. The van der Waals surface area contributed by atoms with Gasteiger partial charge in [0.05, 0.1) is 5.25 Å². The smallest absolute Gasteiger partial charge is 0.316 e. The number of aliphatic carboxylic acids is 1. The van der Waals surface area contributed by atoms with Crippen molar-refractivity contribution in [2.75, 3.05) is 13.1 Å². The van der Waals surface area contributed by atoms with Gasteiger partial charge in [-0.1, -0.05) is 0 Å². The van der Waals surface area contributed by atoms with Gasteiger partial charge in [-0.15, -0.1) is 11.8 Å². The van der Waals surface area contributed by atoms with E-state index in [1.165, 1.54) is 18.2 Å². The standard InChI is InChI=1S/C11H19NO3S/c1-8(16-9(2)11(14)15)10(13)12-6-4-3-5-7-12/h8-9H,3-7H2,1-2H3,(H,14,15). The normalized spacial score (nSPS) is 20.2. The summed E-state index contributed by atoms with van der Waals surface area (Å²) in [6.07, 6.45) is 3.33. The third-order valence-corrected chi connectivity index (χ3v) is 3.99. The summed E-state index contributed by atoms with van der Waals surface area (Å²) in [6.45, 7) is 5.06. The highest BCUT2D eigenvalue weighted by Crippen LogP contribution is 2.21. The first-order valence-corrected chi connectivity index (χ1v) is 6.63. The van der Waals surface area contributed by atoms with Crippen LogP contribution >= 0.6 is 11.8 Å². The molecule has 0 aromatic carbocycles. The Morgan fingerprint density at radius 2 is 1.69 bits per heavy atom. The lowest BCUT2D eigenvalue weighted by Gasteiger charge is -2.29. The molecule has 0 bridgehead atoms. The van der Waals surface area contributed by atoms with Crippen LogP contribution < -0.4 is 0 Å². The summed E-state index contributed by atoms with van der Waals surface area (Å²) in [5.74, 6) is -0.777. The van der Waals surface area contributed by atoms with Crippen LogP contribution in [0.5, 0.6) is 0 Å². The Balaban J connectivity index is 2.43. The number of hydrogen-bond acceptors (Lipinski definition) is 3. The Labute approximate surface area is 100 Å². The number of carbonyl (C=O) groups is 2. The van der Waals surface area contributed by atoms with Crippen LogP contribution in [0.1, 0.15) is 33.1 Å². The van der Waals surface area contributed by atoms with E-state index in [1.54, 1.807) is 13.8 Å². The van der Waals surface area contributed by atoms with Gasteiger partial charge < -0.3 is 10.0 Å². The van der Waals surface area contributed by atoms with Crippen LogP contribution in [0.25, 0.3) is 0 Å². The Bertz CT molecular complexity index is 264. The van der Waals surface area contributed by atoms with Gasteiger partial charge in [0.25, 0.3) is 0 Å². The van der Waals surface area contributed by atoms with Gasteiger partial charge in [0.2, 0.25) is 5.91 Å². The van der Waals surface area contributed by atoms with Crippen molar-refractivity contribution < 1.29 is 14.7 Å². The van der Waals surface area contributed by atoms with Crippen LogP contribution in [0.15, 0.2) is 0 Å². The number of piperidine rings is 1. The molecule has 1 fully saturated rings. The maximum absolute atomic E-state index is 12.0. The quantitative estimate of drug-likeness (QED) is 0.817. The Hall–Kier alpha value is -0.710. The highest BCUT2D eigenvalue weighted by molar-refractivity contribution is 8.01. The van der Waals surface area contributed by atoms with Gasteiger partial charge in [-0.3, -0.25) is 9.59 Å². The molecule has 0 aromatic heterocycles. The second-order valence-electron chi connectivity index (χ2n) is 4.14. The highest BCUT2D eigenvalue weighted by atomic mass is 32.2. The minimum Gasteiger partial charge on any atom is -0.480 e. The van der Waals surface area contributed by atoms with Crippen molar-refractivity contribution in [1.29, 1.82) is 0 Å². The van der Waals surface area contributed by atoms with Crippen molar-refractivity contribution in [2.24, 2.45) is 0 Å². The van der Waals surface area contributed by atoms with E-state index >= 15 is 0 Å². The minimum absolute atomic E-state index is 0.0813. The fourth-order valence-electron chi connectivity index (χ4n) is 1.79. The Kier molecular flexibility index (Phi) is 5.12. The summed E-state index contributed by atoms with van der Waals surface area (Å²) in [5, 5.41) is 7.99. The van der Waals surface area contributed by atoms with Crippen LogP contribution in [0.2, 0.25) is 0 Å². The maximum atomic E-state index is 12.0. The number of amides is 1. The topological polar surface area (TPSA) is 57.6 Å². The molecule has 5 heteroatoms. The first-order valence-electron chi connectivity index (χ1n) is 5.69. The third kappa shape index (κ3) is 3.70. The number of hydrogen-bond donors (Lipinski definition) is 1. The molecule has 0 aromatic rings. The summed E-state index contributed by atoms with van der Waals surface area (Å²) in [5.41, 5.74) is 0. The molecule has 1 saturated heterocycles. The molecule has 2 atom stereocenters. The second-order valence-corrected chi connectivity index (χ2v) is 5.83. The number of likely N-dealkylation sites (tertiary alicyclic amines) is 1. The number of carbonyl (C=O) groups excluding carboxylic acids is 1. The highest BCUT2D eigenvalue weighted by Gasteiger charge is 2.25. The molecular formula is C11H19NO3S. The molecule has 1 rings (SSSR count). The molecule has 0 saturated carbocycles. The first kappa shape index (κ1) is 13.4. The maximum Gasteiger partial charge on any atom is 0.316 e. The summed E-state index contributed by atoms with van der Waals surface area (Å²) >= 11 is 1.22. The van der Waals surface area contributed by atoms with Gasteiger partial charge in [-0.05, 0) is 33.1 Å². The number of nitrogens with zero attached hydrogens (tertiary/aromatic N) is 1. The Morgan fingerprint density at radius 3 is 2.19 bits per heavy atom. The predicted molar refractivity (Wildman–Crippen MR) is 64.6 cm³/mol. The number of carboxylic acid groups (broad SMARTS) is 1. The fraction of sp³-hybridized carbons (Fsp3) is 0.818. The van der Waals surface area contributed by atoms with E-state index in [2.05, 4.69) is 0 Å². The second kappa shape index (κ2) is 6.13. The average molecular weight is 245 g/mol. The third-order valence-electron chi connectivity index (χ3n) is 2.77.